The summed E-state index contributed by atoms with van der Waals surface area (Å²) in [6.07, 6.45) is -0.0614. The van der Waals surface area contributed by atoms with Crippen LogP contribution in [0.15, 0.2) is 60.7 Å². The van der Waals surface area contributed by atoms with Gasteiger partial charge in [0.2, 0.25) is 11.8 Å². The van der Waals surface area contributed by atoms with E-state index in [9.17, 15) is 29.4 Å². The third kappa shape index (κ3) is 7.70. The maximum absolute atomic E-state index is 13.1. The number of hydroxylamine groups is 2. The molecule has 2 aromatic rings. The van der Waals surface area contributed by atoms with E-state index in [4.69, 9.17) is 10.6 Å². The lowest BCUT2D eigenvalue weighted by Crippen LogP contribution is -2.54. The molecule has 0 heterocycles. The van der Waals surface area contributed by atoms with Crippen molar-refractivity contribution >= 4 is 23.8 Å². The Morgan fingerprint density at radius 1 is 1.00 bits per heavy atom. The highest BCUT2D eigenvalue weighted by atomic mass is 16.7. The molecule has 33 heavy (non-hydrogen) atoms. The first kappa shape index (κ1) is 25.5. The molecule has 10 nitrogen and oxygen atoms in total. The number of carboxylic acid groups (broad SMARTS) is 1. The smallest absolute Gasteiger partial charge is 0.348 e. The number of hydrogen-bond donors (Lipinski definition) is 4. The van der Waals surface area contributed by atoms with Crippen molar-refractivity contribution in [1.82, 2.24) is 10.4 Å². The Kier molecular flexibility index (Phi) is 9.52. The SMILES string of the molecule is CC(=O)N[C@H](C(=O)ON(Cc1ccccc1)[C@@H](CO)C(N)=O)C(Cc1ccccc1)C(=O)O. The number of benzene rings is 2. The van der Waals surface area contributed by atoms with E-state index in [0.29, 0.717) is 11.1 Å². The van der Waals surface area contributed by atoms with Crippen LogP contribution in [0.2, 0.25) is 0 Å². The van der Waals surface area contributed by atoms with Gasteiger partial charge in [0.05, 0.1) is 19.1 Å². The first-order chi connectivity index (χ1) is 15.7. The quantitative estimate of drug-likeness (QED) is 0.330. The highest BCUT2D eigenvalue weighted by molar-refractivity contribution is 5.88. The molecular formula is C23H27N3O7. The van der Waals surface area contributed by atoms with Gasteiger partial charge in [0.15, 0.2) is 0 Å². The molecule has 0 aliphatic heterocycles. The fourth-order valence-electron chi connectivity index (χ4n) is 3.22. The number of aliphatic carboxylic acids is 1. The van der Waals surface area contributed by atoms with Gasteiger partial charge in [0, 0.05) is 6.92 Å². The van der Waals surface area contributed by atoms with Gasteiger partial charge in [-0.05, 0) is 17.5 Å². The summed E-state index contributed by atoms with van der Waals surface area (Å²) < 4.78 is 0. The molecule has 2 rings (SSSR count). The molecular weight excluding hydrogens is 430 g/mol. The van der Waals surface area contributed by atoms with Gasteiger partial charge in [0.25, 0.3) is 0 Å². The van der Waals surface area contributed by atoms with Crippen LogP contribution in [0.1, 0.15) is 18.1 Å². The molecule has 5 N–H and O–H groups in total. The minimum atomic E-state index is -1.56. The number of rotatable bonds is 12. The zero-order chi connectivity index (χ0) is 24.4. The normalized spacial score (nSPS) is 13.5. The molecule has 0 bridgehead atoms. The highest BCUT2D eigenvalue weighted by Crippen LogP contribution is 2.17. The van der Waals surface area contributed by atoms with E-state index in [1.165, 1.54) is 0 Å². The summed E-state index contributed by atoms with van der Waals surface area (Å²) in [5, 5.41) is 22.7. The maximum atomic E-state index is 13.1. The summed E-state index contributed by atoms with van der Waals surface area (Å²) in [5.41, 5.74) is 6.63. The lowest BCUT2D eigenvalue weighted by molar-refractivity contribution is -0.213. The molecule has 0 spiro atoms. The van der Waals surface area contributed by atoms with Crippen molar-refractivity contribution in [2.24, 2.45) is 11.7 Å². The number of hydrogen-bond acceptors (Lipinski definition) is 7. The number of aliphatic hydroxyl groups is 1. The van der Waals surface area contributed by atoms with Gasteiger partial charge in [-0.15, -0.1) is 5.06 Å². The number of carbonyl (C=O) groups is 4. The van der Waals surface area contributed by atoms with Gasteiger partial charge in [-0.2, -0.15) is 0 Å². The molecule has 0 aromatic heterocycles. The minimum Gasteiger partial charge on any atom is -0.481 e. The Bertz CT molecular complexity index is 953. The third-order valence-corrected chi connectivity index (χ3v) is 4.87. The largest absolute Gasteiger partial charge is 0.481 e. The molecule has 10 heteroatoms. The molecule has 1 unspecified atom stereocenters. The molecule has 2 amide bonds. The number of nitrogens with two attached hydrogens (primary N) is 1. The van der Waals surface area contributed by atoms with Crippen LogP contribution in [-0.4, -0.2) is 57.7 Å². The van der Waals surface area contributed by atoms with Crippen molar-refractivity contribution in [1.29, 1.82) is 0 Å². The number of nitrogens with one attached hydrogen (secondary N) is 1. The van der Waals surface area contributed by atoms with Crippen molar-refractivity contribution in [3.8, 4) is 0 Å². The number of carbonyl (C=O) groups excluding carboxylic acids is 3. The molecule has 176 valence electrons. The molecule has 2 aromatic carbocycles. The Morgan fingerprint density at radius 2 is 1.55 bits per heavy atom. The monoisotopic (exact) mass is 457 g/mol. The standard InChI is InChI=1S/C23H27N3O7/c1-15(28)25-20(18(22(30)31)12-16-8-4-2-5-9-16)23(32)33-26(19(14-27)21(24)29)13-17-10-6-3-7-11-17/h2-11,18-20,27H,12-14H2,1H3,(H2,24,29)(H,25,28)(H,30,31)/t18?,19-,20-/m0/s1. The zero-order valence-corrected chi connectivity index (χ0v) is 18.1. The van der Waals surface area contributed by atoms with Crippen molar-refractivity contribution in [2.75, 3.05) is 6.61 Å². The van der Waals surface area contributed by atoms with Gasteiger partial charge < -0.3 is 26.1 Å². The van der Waals surface area contributed by atoms with E-state index < -0.39 is 48.4 Å². The molecule has 0 aliphatic rings. The number of aliphatic hydroxyl groups excluding tert-OH is 1. The van der Waals surface area contributed by atoms with E-state index in [2.05, 4.69) is 5.32 Å². The fourth-order valence-corrected chi connectivity index (χ4v) is 3.22. The zero-order valence-electron chi connectivity index (χ0n) is 18.1. The summed E-state index contributed by atoms with van der Waals surface area (Å²) in [4.78, 5) is 54.1. The molecule has 0 saturated carbocycles. The summed E-state index contributed by atoms with van der Waals surface area (Å²) in [5.74, 6) is -5.37. The van der Waals surface area contributed by atoms with Crippen molar-refractivity contribution < 1.29 is 34.2 Å². The van der Waals surface area contributed by atoms with E-state index in [1.54, 1.807) is 60.7 Å². The average Bonchev–Trinajstić information content (AvgIpc) is 2.77. The van der Waals surface area contributed by atoms with Crippen LogP contribution in [0, 0.1) is 5.92 Å². The molecule has 0 saturated heterocycles. The highest BCUT2D eigenvalue weighted by Gasteiger charge is 2.38. The second kappa shape index (κ2) is 12.3. The van der Waals surface area contributed by atoms with E-state index in [1.807, 2.05) is 0 Å². The molecule has 0 radical (unpaired) electrons. The second-order valence-electron chi connectivity index (χ2n) is 7.38. The van der Waals surface area contributed by atoms with Crippen LogP contribution < -0.4 is 11.1 Å². The van der Waals surface area contributed by atoms with Crippen molar-refractivity contribution in [3.05, 3.63) is 71.8 Å². The van der Waals surface area contributed by atoms with Gasteiger partial charge in [-0.3, -0.25) is 14.4 Å². The molecule has 0 fully saturated rings. The second-order valence-corrected chi connectivity index (χ2v) is 7.38. The number of amides is 2. The first-order valence-corrected chi connectivity index (χ1v) is 10.2. The number of primary amides is 1. The lowest BCUT2D eigenvalue weighted by atomic mass is 9.92. The summed E-state index contributed by atoms with van der Waals surface area (Å²) in [6, 6.07) is 14.3. The van der Waals surface area contributed by atoms with E-state index in [0.717, 1.165) is 12.0 Å². The Labute approximate surface area is 190 Å². The summed E-state index contributed by atoms with van der Waals surface area (Å²) >= 11 is 0. The number of nitrogens with zero attached hydrogens (tertiary/aromatic N) is 1. The van der Waals surface area contributed by atoms with E-state index >= 15 is 0 Å². The van der Waals surface area contributed by atoms with Crippen molar-refractivity contribution in [3.63, 3.8) is 0 Å². The van der Waals surface area contributed by atoms with Crippen LogP contribution in [0.5, 0.6) is 0 Å². The Hall–Kier alpha value is -3.76. The minimum absolute atomic E-state index is 0.0614. The van der Waals surface area contributed by atoms with Crippen LogP contribution in [0.4, 0.5) is 0 Å². The van der Waals surface area contributed by atoms with Gasteiger partial charge in [-0.25, -0.2) is 4.79 Å². The van der Waals surface area contributed by atoms with Crippen LogP contribution in [0.3, 0.4) is 0 Å². The molecule has 3 atom stereocenters. The first-order valence-electron chi connectivity index (χ1n) is 10.2. The predicted molar refractivity (Wildman–Crippen MR) is 117 cm³/mol. The van der Waals surface area contributed by atoms with Crippen LogP contribution >= 0.6 is 0 Å². The maximum Gasteiger partial charge on any atom is 0.348 e. The van der Waals surface area contributed by atoms with Gasteiger partial charge in [0.1, 0.15) is 12.1 Å². The summed E-state index contributed by atoms with van der Waals surface area (Å²) in [6.45, 7) is 0.292. The van der Waals surface area contributed by atoms with Gasteiger partial charge >= 0.3 is 11.9 Å². The Balaban J connectivity index is 2.33. The fraction of sp³-hybridized carbons (Fsp3) is 0.304. The average molecular weight is 457 g/mol. The third-order valence-electron chi connectivity index (χ3n) is 4.87. The van der Waals surface area contributed by atoms with Crippen molar-refractivity contribution in [2.45, 2.75) is 32.0 Å². The number of carboxylic acids is 1. The van der Waals surface area contributed by atoms with Crippen LogP contribution in [0.25, 0.3) is 0 Å². The van der Waals surface area contributed by atoms with Crippen LogP contribution in [-0.2, 0) is 37.0 Å². The van der Waals surface area contributed by atoms with E-state index in [-0.39, 0.29) is 13.0 Å². The predicted octanol–water partition coefficient (Wildman–Crippen LogP) is 0.241. The summed E-state index contributed by atoms with van der Waals surface area (Å²) in [7, 11) is 0. The Morgan fingerprint density at radius 3 is 2.00 bits per heavy atom. The lowest BCUT2D eigenvalue weighted by Gasteiger charge is -2.30. The molecule has 0 aliphatic carbocycles. The van der Waals surface area contributed by atoms with Gasteiger partial charge in [-0.1, -0.05) is 60.7 Å². The topological polar surface area (TPSA) is 159 Å².